The number of amides is 1. The summed E-state index contributed by atoms with van der Waals surface area (Å²) in [5.74, 6) is -0.266. The van der Waals surface area contributed by atoms with Crippen molar-refractivity contribution in [1.82, 2.24) is 24.4 Å². The molecule has 1 aromatic heterocycles. The van der Waals surface area contributed by atoms with Crippen LogP contribution >= 0.6 is 0 Å². The fraction of sp³-hybridized carbons (Fsp3) is 0.192. The number of benzene rings is 3. The number of rotatable bonds is 8. The largest absolute Gasteiger partial charge is 0.335 e. The van der Waals surface area contributed by atoms with Crippen molar-refractivity contribution in [2.24, 2.45) is 0 Å². The molecule has 0 bridgehead atoms. The molecule has 1 atom stereocenters. The molecule has 1 heterocycles. The summed E-state index contributed by atoms with van der Waals surface area (Å²) < 4.78 is 30.3. The highest BCUT2D eigenvalue weighted by molar-refractivity contribution is 7.89. The third-order valence-electron chi connectivity index (χ3n) is 5.99. The van der Waals surface area contributed by atoms with Crippen LogP contribution in [0, 0.1) is 6.92 Å². The molecule has 1 unspecified atom stereocenters. The Hall–Kier alpha value is -3.82. The first-order valence-electron chi connectivity index (χ1n) is 11.1. The van der Waals surface area contributed by atoms with Crippen LogP contribution in [0.2, 0.25) is 0 Å². The van der Waals surface area contributed by atoms with E-state index in [1.54, 1.807) is 42.0 Å². The quantitative estimate of drug-likeness (QED) is 0.405. The van der Waals surface area contributed by atoms with Gasteiger partial charge in [0, 0.05) is 19.2 Å². The SMILES string of the molecule is Cc1ccc(C(=O)N(C)C(C)c2ccc(-n3cncn3)cc2)cc1S(=O)(=O)NCc1ccccc1. The van der Waals surface area contributed by atoms with Crippen LogP contribution in [0.25, 0.3) is 5.69 Å². The summed E-state index contributed by atoms with van der Waals surface area (Å²) in [6.45, 7) is 3.81. The molecule has 0 fully saturated rings. The van der Waals surface area contributed by atoms with Gasteiger partial charge in [-0.05, 0) is 54.8 Å². The van der Waals surface area contributed by atoms with Crippen LogP contribution in [0.1, 0.15) is 40.0 Å². The zero-order valence-corrected chi connectivity index (χ0v) is 20.6. The van der Waals surface area contributed by atoms with E-state index < -0.39 is 10.0 Å². The zero-order valence-electron chi connectivity index (χ0n) is 19.8. The first kappa shape index (κ1) is 24.3. The van der Waals surface area contributed by atoms with Crippen molar-refractivity contribution in [3.8, 4) is 5.69 Å². The fourth-order valence-corrected chi connectivity index (χ4v) is 5.01. The topological polar surface area (TPSA) is 97.2 Å². The van der Waals surface area contributed by atoms with Crippen LogP contribution in [0.3, 0.4) is 0 Å². The van der Waals surface area contributed by atoms with E-state index in [1.165, 1.54) is 12.4 Å². The molecule has 1 N–H and O–H groups in total. The van der Waals surface area contributed by atoms with Gasteiger partial charge >= 0.3 is 0 Å². The Kier molecular flexibility index (Phi) is 7.09. The number of nitrogens with zero attached hydrogens (tertiary/aromatic N) is 4. The molecular weight excluding hydrogens is 462 g/mol. The van der Waals surface area contributed by atoms with Gasteiger partial charge in [0.1, 0.15) is 12.7 Å². The maximum atomic E-state index is 13.3. The monoisotopic (exact) mass is 489 g/mol. The van der Waals surface area contributed by atoms with Gasteiger partial charge in [-0.1, -0.05) is 48.5 Å². The van der Waals surface area contributed by atoms with E-state index in [-0.39, 0.29) is 23.4 Å². The number of hydrogen-bond donors (Lipinski definition) is 1. The van der Waals surface area contributed by atoms with E-state index in [2.05, 4.69) is 14.8 Å². The van der Waals surface area contributed by atoms with Gasteiger partial charge in [0.05, 0.1) is 16.6 Å². The standard InChI is InChI=1S/C26H27N5O3S/c1-19-9-10-23(15-25(19)35(33,34)29-16-21-7-5-4-6-8-21)26(32)30(3)20(2)22-11-13-24(14-12-22)31-18-27-17-28-31/h4-15,17-18,20,29H,16H2,1-3H3. The molecule has 4 rings (SSSR count). The number of sulfonamides is 1. The Balaban J connectivity index is 1.51. The van der Waals surface area contributed by atoms with Crippen molar-refractivity contribution in [2.75, 3.05) is 7.05 Å². The lowest BCUT2D eigenvalue weighted by Gasteiger charge is -2.26. The lowest BCUT2D eigenvalue weighted by molar-refractivity contribution is 0.0742. The van der Waals surface area contributed by atoms with E-state index >= 15 is 0 Å². The summed E-state index contributed by atoms with van der Waals surface area (Å²) in [4.78, 5) is 18.9. The van der Waals surface area contributed by atoms with Crippen LogP contribution in [0.15, 0.2) is 90.3 Å². The number of carbonyl (C=O) groups excluding carboxylic acids is 1. The highest BCUT2D eigenvalue weighted by atomic mass is 32.2. The molecule has 8 nitrogen and oxygen atoms in total. The van der Waals surface area contributed by atoms with Crippen molar-refractivity contribution in [1.29, 1.82) is 0 Å². The normalized spacial score (nSPS) is 12.3. The van der Waals surface area contributed by atoms with Gasteiger partial charge in [-0.3, -0.25) is 4.79 Å². The maximum absolute atomic E-state index is 13.3. The van der Waals surface area contributed by atoms with Gasteiger partial charge in [-0.25, -0.2) is 22.8 Å². The molecule has 9 heteroatoms. The van der Waals surface area contributed by atoms with Gasteiger partial charge in [0.25, 0.3) is 5.91 Å². The number of carbonyl (C=O) groups is 1. The predicted molar refractivity (Wildman–Crippen MR) is 134 cm³/mol. The van der Waals surface area contributed by atoms with Gasteiger partial charge in [0.15, 0.2) is 0 Å². The van der Waals surface area contributed by atoms with E-state index in [4.69, 9.17) is 0 Å². The molecule has 3 aromatic carbocycles. The lowest BCUT2D eigenvalue weighted by atomic mass is 10.1. The number of aryl methyl sites for hydroxylation is 1. The van der Waals surface area contributed by atoms with Gasteiger partial charge in [-0.2, -0.15) is 5.10 Å². The molecule has 0 saturated carbocycles. The fourth-order valence-electron chi connectivity index (χ4n) is 3.72. The van der Waals surface area contributed by atoms with Crippen LogP contribution in [0.5, 0.6) is 0 Å². The van der Waals surface area contributed by atoms with Crippen LogP contribution in [-0.2, 0) is 16.6 Å². The Morgan fingerprint density at radius 2 is 1.77 bits per heavy atom. The third-order valence-corrected chi connectivity index (χ3v) is 7.54. The van der Waals surface area contributed by atoms with Crippen molar-refractivity contribution in [3.63, 3.8) is 0 Å². The molecular formula is C26H27N5O3S. The molecule has 180 valence electrons. The predicted octanol–water partition coefficient (Wildman–Crippen LogP) is 3.89. The van der Waals surface area contributed by atoms with Crippen molar-refractivity contribution in [3.05, 3.63) is 108 Å². The van der Waals surface area contributed by atoms with E-state index in [9.17, 15) is 13.2 Å². The molecule has 0 saturated heterocycles. The second-order valence-corrected chi connectivity index (χ2v) is 10.0. The smallest absolute Gasteiger partial charge is 0.254 e. The van der Waals surface area contributed by atoms with Crippen molar-refractivity contribution >= 4 is 15.9 Å². The van der Waals surface area contributed by atoms with Crippen molar-refractivity contribution in [2.45, 2.75) is 31.3 Å². The molecule has 0 spiro atoms. The Morgan fingerprint density at radius 1 is 1.06 bits per heavy atom. The molecule has 0 aliphatic heterocycles. The van der Waals surface area contributed by atoms with Crippen LogP contribution in [-0.4, -0.2) is 41.0 Å². The Bertz CT molecular complexity index is 1400. The molecule has 35 heavy (non-hydrogen) atoms. The third kappa shape index (κ3) is 5.47. The summed E-state index contributed by atoms with van der Waals surface area (Å²) in [6.07, 6.45) is 3.09. The second-order valence-electron chi connectivity index (χ2n) is 8.31. The first-order chi connectivity index (χ1) is 16.8. The summed E-state index contributed by atoms with van der Waals surface area (Å²) in [7, 11) is -2.10. The Morgan fingerprint density at radius 3 is 2.43 bits per heavy atom. The maximum Gasteiger partial charge on any atom is 0.254 e. The minimum absolute atomic E-state index is 0.0949. The van der Waals surface area contributed by atoms with Gasteiger partial charge in [0.2, 0.25) is 10.0 Å². The van der Waals surface area contributed by atoms with E-state index in [0.29, 0.717) is 11.1 Å². The molecule has 4 aromatic rings. The van der Waals surface area contributed by atoms with Crippen molar-refractivity contribution < 1.29 is 13.2 Å². The molecule has 0 radical (unpaired) electrons. The highest BCUT2D eigenvalue weighted by Crippen LogP contribution is 2.24. The number of nitrogens with one attached hydrogen (secondary N) is 1. The lowest BCUT2D eigenvalue weighted by Crippen LogP contribution is -2.30. The summed E-state index contributed by atoms with van der Waals surface area (Å²) in [5.41, 5.74) is 3.54. The summed E-state index contributed by atoms with van der Waals surface area (Å²) in [5, 5.41) is 4.12. The molecule has 0 aliphatic carbocycles. The average Bonchev–Trinajstić information content (AvgIpc) is 3.42. The van der Waals surface area contributed by atoms with E-state index in [0.717, 1.165) is 16.8 Å². The van der Waals surface area contributed by atoms with Gasteiger partial charge < -0.3 is 4.90 Å². The van der Waals surface area contributed by atoms with Crippen LogP contribution in [0.4, 0.5) is 0 Å². The zero-order chi connectivity index (χ0) is 25.0. The second kappa shape index (κ2) is 10.2. The summed E-state index contributed by atoms with van der Waals surface area (Å²) >= 11 is 0. The number of aromatic nitrogens is 3. The molecule has 1 amide bonds. The molecule has 0 aliphatic rings. The Labute approximate surface area is 205 Å². The summed E-state index contributed by atoms with van der Waals surface area (Å²) in [6, 6.07) is 21.5. The van der Waals surface area contributed by atoms with E-state index in [1.807, 2.05) is 61.5 Å². The van der Waals surface area contributed by atoms with Crippen LogP contribution < -0.4 is 4.72 Å². The minimum Gasteiger partial charge on any atom is -0.335 e. The number of hydrogen-bond acceptors (Lipinski definition) is 5. The highest BCUT2D eigenvalue weighted by Gasteiger charge is 2.23. The first-order valence-corrected chi connectivity index (χ1v) is 12.6. The average molecular weight is 490 g/mol. The minimum atomic E-state index is -3.80. The van der Waals surface area contributed by atoms with Gasteiger partial charge in [-0.15, -0.1) is 0 Å².